The Balaban J connectivity index is 2.55. The van der Waals surface area contributed by atoms with Gasteiger partial charge >= 0.3 is 0 Å². The van der Waals surface area contributed by atoms with Gasteiger partial charge in [0.25, 0.3) is 5.91 Å². The molecule has 94 valence electrons. The second-order valence-electron chi connectivity index (χ2n) is 3.39. The SMILES string of the molecule is COCC(Cl)CNC(=O)c1ccc(F)c(Cl)c1. The van der Waals surface area contributed by atoms with Crippen molar-refractivity contribution in [2.75, 3.05) is 20.3 Å². The van der Waals surface area contributed by atoms with E-state index in [-0.39, 0.29) is 28.4 Å². The fourth-order valence-corrected chi connectivity index (χ4v) is 1.57. The van der Waals surface area contributed by atoms with Crippen LogP contribution in [-0.4, -0.2) is 31.5 Å². The minimum Gasteiger partial charge on any atom is -0.383 e. The lowest BCUT2D eigenvalue weighted by molar-refractivity contribution is 0.0949. The Morgan fingerprint density at radius 3 is 2.88 bits per heavy atom. The minimum atomic E-state index is -0.558. The topological polar surface area (TPSA) is 38.3 Å². The highest BCUT2D eigenvalue weighted by Crippen LogP contribution is 2.15. The van der Waals surface area contributed by atoms with E-state index in [9.17, 15) is 9.18 Å². The standard InChI is InChI=1S/C11H12Cl2FNO2/c1-17-6-8(12)5-15-11(16)7-2-3-10(14)9(13)4-7/h2-4,8H,5-6H2,1H3,(H,15,16). The quantitative estimate of drug-likeness (QED) is 0.841. The second-order valence-corrected chi connectivity index (χ2v) is 4.42. The summed E-state index contributed by atoms with van der Waals surface area (Å²) in [6.45, 7) is 0.606. The Morgan fingerprint density at radius 1 is 1.59 bits per heavy atom. The molecule has 3 nitrogen and oxygen atoms in total. The Bertz CT molecular complexity index is 401. The Morgan fingerprint density at radius 2 is 2.29 bits per heavy atom. The zero-order valence-corrected chi connectivity index (χ0v) is 10.7. The third-order valence-corrected chi connectivity index (χ3v) is 2.58. The predicted octanol–water partition coefficient (Wildman–Crippen LogP) is 2.46. The van der Waals surface area contributed by atoms with E-state index in [2.05, 4.69) is 5.32 Å². The number of ether oxygens (including phenoxy) is 1. The van der Waals surface area contributed by atoms with Crippen LogP contribution in [0.2, 0.25) is 5.02 Å². The van der Waals surface area contributed by atoms with Gasteiger partial charge in [-0.15, -0.1) is 11.6 Å². The molecule has 0 saturated carbocycles. The summed E-state index contributed by atoms with van der Waals surface area (Å²) in [5.74, 6) is -0.911. The molecule has 1 atom stereocenters. The van der Waals surface area contributed by atoms with Crippen LogP contribution in [0.25, 0.3) is 0 Å². The summed E-state index contributed by atoms with van der Waals surface area (Å²) in [7, 11) is 1.52. The number of benzene rings is 1. The predicted molar refractivity (Wildman–Crippen MR) is 65.3 cm³/mol. The molecule has 1 rings (SSSR count). The Hall–Kier alpha value is -0.840. The molecule has 0 aliphatic heterocycles. The van der Waals surface area contributed by atoms with E-state index < -0.39 is 5.82 Å². The molecule has 1 unspecified atom stereocenters. The number of rotatable bonds is 5. The molecule has 0 radical (unpaired) electrons. The van der Waals surface area contributed by atoms with Crippen LogP contribution in [0.3, 0.4) is 0 Å². The second kappa shape index (κ2) is 6.79. The lowest BCUT2D eigenvalue weighted by Crippen LogP contribution is -2.31. The average Bonchev–Trinajstić information content (AvgIpc) is 2.30. The van der Waals surface area contributed by atoms with E-state index in [1.54, 1.807) is 0 Å². The first-order chi connectivity index (χ1) is 8.04. The van der Waals surface area contributed by atoms with Crippen molar-refractivity contribution in [1.82, 2.24) is 5.32 Å². The Labute approximate surface area is 109 Å². The van der Waals surface area contributed by atoms with Crippen molar-refractivity contribution < 1.29 is 13.9 Å². The normalized spacial score (nSPS) is 12.2. The molecular weight excluding hydrogens is 268 g/mol. The minimum absolute atomic E-state index is 0.0861. The number of amides is 1. The van der Waals surface area contributed by atoms with Crippen LogP contribution in [0.4, 0.5) is 4.39 Å². The van der Waals surface area contributed by atoms with Gasteiger partial charge in [0.1, 0.15) is 5.82 Å². The maximum atomic E-state index is 12.9. The third-order valence-electron chi connectivity index (χ3n) is 2.01. The van der Waals surface area contributed by atoms with E-state index in [0.717, 1.165) is 6.07 Å². The average molecular weight is 280 g/mol. The number of alkyl halides is 1. The molecular formula is C11H12Cl2FNO2. The van der Waals surface area contributed by atoms with Crippen molar-refractivity contribution in [3.63, 3.8) is 0 Å². The highest BCUT2D eigenvalue weighted by atomic mass is 35.5. The van der Waals surface area contributed by atoms with Gasteiger partial charge in [-0.05, 0) is 18.2 Å². The van der Waals surface area contributed by atoms with Gasteiger partial charge in [-0.3, -0.25) is 4.79 Å². The molecule has 0 fully saturated rings. The monoisotopic (exact) mass is 279 g/mol. The molecule has 1 N–H and O–H groups in total. The van der Waals surface area contributed by atoms with E-state index >= 15 is 0 Å². The van der Waals surface area contributed by atoms with Crippen LogP contribution >= 0.6 is 23.2 Å². The van der Waals surface area contributed by atoms with E-state index in [1.165, 1.54) is 19.2 Å². The molecule has 6 heteroatoms. The summed E-state index contributed by atoms with van der Waals surface area (Å²) >= 11 is 11.4. The van der Waals surface area contributed by atoms with Crippen LogP contribution < -0.4 is 5.32 Å². The number of methoxy groups -OCH3 is 1. The number of nitrogens with one attached hydrogen (secondary N) is 1. The number of carbonyl (C=O) groups is 1. The Kier molecular flexibility index (Phi) is 5.68. The van der Waals surface area contributed by atoms with Gasteiger partial charge in [0, 0.05) is 19.2 Å². The largest absolute Gasteiger partial charge is 0.383 e. The number of halogens is 3. The maximum Gasteiger partial charge on any atom is 0.251 e. The number of hydrogen-bond acceptors (Lipinski definition) is 2. The molecule has 0 saturated heterocycles. The van der Waals surface area contributed by atoms with Crippen molar-refractivity contribution in [3.05, 3.63) is 34.6 Å². The smallest absolute Gasteiger partial charge is 0.251 e. The molecule has 1 aromatic carbocycles. The first kappa shape index (κ1) is 14.2. The van der Waals surface area contributed by atoms with Gasteiger partial charge in [-0.25, -0.2) is 4.39 Å². The van der Waals surface area contributed by atoms with Crippen LogP contribution in [0.15, 0.2) is 18.2 Å². The lowest BCUT2D eigenvalue weighted by atomic mass is 10.2. The number of carbonyl (C=O) groups excluding carboxylic acids is 1. The summed E-state index contributed by atoms with van der Waals surface area (Å²) in [6, 6.07) is 3.77. The van der Waals surface area contributed by atoms with Gasteiger partial charge in [0.15, 0.2) is 0 Å². The van der Waals surface area contributed by atoms with Crippen LogP contribution in [-0.2, 0) is 4.74 Å². The van der Waals surface area contributed by atoms with Gasteiger partial charge in [-0.1, -0.05) is 11.6 Å². The van der Waals surface area contributed by atoms with Crippen molar-refractivity contribution in [2.45, 2.75) is 5.38 Å². The molecule has 0 bridgehead atoms. The molecule has 0 aliphatic rings. The van der Waals surface area contributed by atoms with Gasteiger partial charge in [0.2, 0.25) is 0 Å². The molecule has 0 spiro atoms. The van der Waals surface area contributed by atoms with E-state index in [4.69, 9.17) is 27.9 Å². The van der Waals surface area contributed by atoms with Crippen molar-refractivity contribution >= 4 is 29.1 Å². The zero-order chi connectivity index (χ0) is 12.8. The summed E-state index contributed by atoms with van der Waals surface area (Å²) in [6.07, 6.45) is 0. The first-order valence-electron chi connectivity index (χ1n) is 4.91. The van der Waals surface area contributed by atoms with Crippen molar-refractivity contribution in [3.8, 4) is 0 Å². The molecule has 1 aromatic rings. The van der Waals surface area contributed by atoms with Crippen molar-refractivity contribution in [1.29, 1.82) is 0 Å². The molecule has 0 aromatic heterocycles. The van der Waals surface area contributed by atoms with E-state index in [1.807, 2.05) is 0 Å². The van der Waals surface area contributed by atoms with Gasteiger partial charge in [0.05, 0.1) is 17.0 Å². The summed E-state index contributed by atoms with van der Waals surface area (Å²) < 4.78 is 17.7. The summed E-state index contributed by atoms with van der Waals surface area (Å²) in [5, 5.41) is 2.21. The van der Waals surface area contributed by atoms with Crippen LogP contribution in [0.1, 0.15) is 10.4 Å². The highest BCUT2D eigenvalue weighted by molar-refractivity contribution is 6.31. The first-order valence-corrected chi connectivity index (χ1v) is 5.72. The van der Waals surface area contributed by atoms with Crippen LogP contribution in [0, 0.1) is 5.82 Å². The fourth-order valence-electron chi connectivity index (χ4n) is 1.18. The zero-order valence-electron chi connectivity index (χ0n) is 9.17. The molecule has 17 heavy (non-hydrogen) atoms. The van der Waals surface area contributed by atoms with Gasteiger partial charge < -0.3 is 10.1 Å². The molecule has 1 amide bonds. The third kappa shape index (κ3) is 4.50. The van der Waals surface area contributed by atoms with Crippen LogP contribution in [0.5, 0.6) is 0 Å². The summed E-state index contributed by atoms with van der Waals surface area (Å²) in [5.41, 5.74) is 0.290. The van der Waals surface area contributed by atoms with E-state index in [0.29, 0.717) is 6.61 Å². The highest BCUT2D eigenvalue weighted by Gasteiger charge is 2.10. The fraction of sp³-hybridized carbons (Fsp3) is 0.364. The summed E-state index contributed by atoms with van der Waals surface area (Å²) in [4.78, 5) is 11.6. The van der Waals surface area contributed by atoms with Gasteiger partial charge in [-0.2, -0.15) is 0 Å². The number of hydrogen-bond donors (Lipinski definition) is 1. The maximum absolute atomic E-state index is 12.9. The lowest BCUT2D eigenvalue weighted by Gasteiger charge is -2.10. The van der Waals surface area contributed by atoms with Crippen molar-refractivity contribution in [2.24, 2.45) is 0 Å². The molecule has 0 aliphatic carbocycles. The molecule has 0 heterocycles.